The van der Waals surface area contributed by atoms with Crippen LogP contribution in [0.4, 0.5) is 0 Å². The van der Waals surface area contributed by atoms with Gasteiger partial charge >= 0.3 is 0 Å². The Hall–Kier alpha value is -0.380. The van der Waals surface area contributed by atoms with E-state index in [1.54, 1.807) is 0 Å². The van der Waals surface area contributed by atoms with Gasteiger partial charge in [-0.05, 0) is 38.1 Å². The van der Waals surface area contributed by atoms with Crippen molar-refractivity contribution in [3.8, 4) is 0 Å². The summed E-state index contributed by atoms with van der Waals surface area (Å²) >= 11 is 1.88. The molecule has 0 radical (unpaired) electrons. The number of hydrogen-bond acceptors (Lipinski definition) is 3. The Labute approximate surface area is 115 Å². The molecule has 0 aromatic carbocycles. The molecule has 0 spiro atoms. The van der Waals surface area contributed by atoms with E-state index in [0.717, 1.165) is 13.1 Å². The Morgan fingerprint density at radius 3 is 2.89 bits per heavy atom. The van der Waals surface area contributed by atoms with Gasteiger partial charge < -0.3 is 5.32 Å². The maximum absolute atomic E-state index is 3.74. The molecule has 1 aliphatic heterocycles. The minimum Gasteiger partial charge on any atom is -0.309 e. The molecule has 1 saturated heterocycles. The summed E-state index contributed by atoms with van der Waals surface area (Å²) in [4.78, 5) is 4.19. The topological polar surface area (TPSA) is 15.3 Å². The van der Waals surface area contributed by atoms with Gasteiger partial charge in [0.2, 0.25) is 0 Å². The lowest BCUT2D eigenvalue weighted by molar-refractivity contribution is 0.0506. The number of thiophene rings is 1. The summed E-state index contributed by atoms with van der Waals surface area (Å²) in [5.74, 6) is 0. The van der Waals surface area contributed by atoms with Gasteiger partial charge in [-0.1, -0.05) is 19.9 Å². The fourth-order valence-corrected chi connectivity index (χ4v) is 3.63. The highest BCUT2D eigenvalue weighted by atomic mass is 32.1. The highest BCUT2D eigenvalue weighted by Crippen LogP contribution is 2.31. The minimum atomic E-state index is 0.275. The van der Waals surface area contributed by atoms with Gasteiger partial charge in [0.05, 0.1) is 0 Å². The first-order valence-electron chi connectivity index (χ1n) is 7.14. The molecule has 3 heteroatoms. The lowest BCUT2D eigenvalue weighted by Gasteiger charge is -2.48. The van der Waals surface area contributed by atoms with Crippen molar-refractivity contribution in [2.24, 2.45) is 0 Å². The second kappa shape index (κ2) is 5.72. The van der Waals surface area contributed by atoms with Crippen LogP contribution in [0.5, 0.6) is 0 Å². The van der Waals surface area contributed by atoms with Crippen LogP contribution in [0.2, 0.25) is 0 Å². The highest BCUT2D eigenvalue weighted by molar-refractivity contribution is 7.10. The molecule has 1 aromatic rings. The van der Waals surface area contributed by atoms with E-state index in [1.807, 2.05) is 11.3 Å². The van der Waals surface area contributed by atoms with Crippen molar-refractivity contribution in [2.75, 3.05) is 13.1 Å². The second-order valence-electron chi connectivity index (χ2n) is 5.72. The zero-order valence-corrected chi connectivity index (χ0v) is 12.9. The van der Waals surface area contributed by atoms with Crippen LogP contribution in [0.3, 0.4) is 0 Å². The third kappa shape index (κ3) is 2.79. The summed E-state index contributed by atoms with van der Waals surface area (Å²) in [5, 5.41) is 5.93. The summed E-state index contributed by atoms with van der Waals surface area (Å²) in [5.41, 5.74) is 0.275. The Morgan fingerprint density at radius 1 is 1.56 bits per heavy atom. The molecule has 3 unspecified atom stereocenters. The van der Waals surface area contributed by atoms with Crippen LogP contribution in [-0.4, -0.2) is 29.6 Å². The molecule has 1 aliphatic rings. The average molecular weight is 266 g/mol. The van der Waals surface area contributed by atoms with E-state index in [2.05, 4.69) is 55.4 Å². The standard InChI is InChI=1S/C15H26N2S/c1-5-13-10-16-15(4,6-2)11-17(13)12(3)14-8-7-9-18-14/h7-9,12-13,16H,5-6,10-11H2,1-4H3. The smallest absolute Gasteiger partial charge is 0.0417 e. The molecular formula is C15H26N2S. The van der Waals surface area contributed by atoms with Crippen LogP contribution in [0.25, 0.3) is 0 Å². The lowest BCUT2D eigenvalue weighted by Crippen LogP contribution is -2.62. The van der Waals surface area contributed by atoms with Crippen molar-refractivity contribution in [3.63, 3.8) is 0 Å². The first-order chi connectivity index (χ1) is 8.59. The van der Waals surface area contributed by atoms with Crippen LogP contribution >= 0.6 is 11.3 Å². The third-order valence-corrected chi connectivity index (χ3v) is 5.51. The van der Waals surface area contributed by atoms with Crippen molar-refractivity contribution in [3.05, 3.63) is 22.4 Å². The summed E-state index contributed by atoms with van der Waals surface area (Å²) < 4.78 is 0. The number of rotatable bonds is 4. The molecule has 18 heavy (non-hydrogen) atoms. The van der Waals surface area contributed by atoms with Gasteiger partial charge in [0.25, 0.3) is 0 Å². The van der Waals surface area contributed by atoms with Crippen LogP contribution < -0.4 is 5.32 Å². The Balaban J connectivity index is 2.16. The molecule has 0 saturated carbocycles. The highest BCUT2D eigenvalue weighted by Gasteiger charge is 2.36. The van der Waals surface area contributed by atoms with Crippen LogP contribution in [0.1, 0.15) is 51.5 Å². The molecule has 2 heterocycles. The molecule has 0 bridgehead atoms. The summed E-state index contributed by atoms with van der Waals surface area (Å²) in [6.07, 6.45) is 2.42. The maximum atomic E-state index is 3.74. The van der Waals surface area contributed by atoms with Gasteiger partial charge in [-0.15, -0.1) is 11.3 Å². The van der Waals surface area contributed by atoms with Crippen LogP contribution in [0, 0.1) is 0 Å². The first-order valence-corrected chi connectivity index (χ1v) is 8.01. The molecule has 1 N–H and O–H groups in total. The van der Waals surface area contributed by atoms with Gasteiger partial charge in [-0.3, -0.25) is 4.90 Å². The third-order valence-electron chi connectivity index (χ3n) is 4.47. The SMILES string of the molecule is CCC1CNC(C)(CC)CN1C(C)c1cccs1. The first kappa shape index (κ1) is 14.0. The lowest BCUT2D eigenvalue weighted by atomic mass is 9.91. The number of nitrogens with one attached hydrogen (secondary N) is 1. The Kier molecular flexibility index (Phi) is 4.46. The van der Waals surface area contributed by atoms with Crippen molar-refractivity contribution >= 4 is 11.3 Å². The normalized spacial score (nSPS) is 31.4. The average Bonchev–Trinajstić information content (AvgIpc) is 2.92. The number of nitrogens with zero attached hydrogens (tertiary/aromatic N) is 1. The summed E-state index contributed by atoms with van der Waals surface area (Å²) in [6, 6.07) is 5.65. The molecule has 0 aliphatic carbocycles. The minimum absolute atomic E-state index is 0.275. The van der Waals surface area contributed by atoms with Crippen molar-refractivity contribution < 1.29 is 0 Å². The molecule has 1 aromatic heterocycles. The molecule has 0 amide bonds. The van der Waals surface area contributed by atoms with E-state index in [4.69, 9.17) is 0 Å². The van der Waals surface area contributed by atoms with Gasteiger partial charge in [0, 0.05) is 35.6 Å². The Morgan fingerprint density at radius 2 is 2.33 bits per heavy atom. The van der Waals surface area contributed by atoms with Gasteiger partial charge in [0.1, 0.15) is 0 Å². The van der Waals surface area contributed by atoms with E-state index < -0.39 is 0 Å². The van der Waals surface area contributed by atoms with Crippen molar-refractivity contribution in [1.82, 2.24) is 10.2 Å². The summed E-state index contributed by atoms with van der Waals surface area (Å²) in [7, 11) is 0. The fourth-order valence-electron chi connectivity index (χ4n) is 2.83. The second-order valence-corrected chi connectivity index (χ2v) is 6.70. The maximum Gasteiger partial charge on any atom is 0.0417 e. The van der Waals surface area contributed by atoms with Gasteiger partial charge in [-0.2, -0.15) is 0 Å². The predicted octanol–water partition coefficient (Wildman–Crippen LogP) is 3.66. The molecular weight excluding hydrogens is 240 g/mol. The molecule has 102 valence electrons. The molecule has 3 atom stereocenters. The number of piperazine rings is 1. The van der Waals surface area contributed by atoms with Crippen LogP contribution in [-0.2, 0) is 0 Å². The Bertz CT molecular complexity index is 363. The van der Waals surface area contributed by atoms with E-state index >= 15 is 0 Å². The van der Waals surface area contributed by atoms with E-state index in [9.17, 15) is 0 Å². The predicted molar refractivity (Wildman–Crippen MR) is 80.2 cm³/mol. The zero-order valence-electron chi connectivity index (χ0n) is 12.1. The van der Waals surface area contributed by atoms with Gasteiger partial charge in [-0.25, -0.2) is 0 Å². The number of hydrogen-bond donors (Lipinski definition) is 1. The van der Waals surface area contributed by atoms with Crippen LogP contribution in [0.15, 0.2) is 17.5 Å². The van der Waals surface area contributed by atoms with Crippen molar-refractivity contribution in [2.45, 2.75) is 58.2 Å². The quantitative estimate of drug-likeness (QED) is 0.894. The van der Waals surface area contributed by atoms with Crippen molar-refractivity contribution in [1.29, 1.82) is 0 Å². The van der Waals surface area contributed by atoms with E-state index in [-0.39, 0.29) is 5.54 Å². The monoisotopic (exact) mass is 266 g/mol. The van der Waals surface area contributed by atoms with E-state index in [0.29, 0.717) is 12.1 Å². The van der Waals surface area contributed by atoms with Gasteiger partial charge in [0.15, 0.2) is 0 Å². The molecule has 1 fully saturated rings. The molecule has 2 nitrogen and oxygen atoms in total. The summed E-state index contributed by atoms with van der Waals surface area (Å²) in [6.45, 7) is 11.6. The molecule has 2 rings (SSSR count). The fraction of sp³-hybridized carbons (Fsp3) is 0.733. The largest absolute Gasteiger partial charge is 0.309 e. The zero-order chi connectivity index (χ0) is 13.2. The van der Waals surface area contributed by atoms with E-state index in [1.165, 1.54) is 17.7 Å².